The van der Waals surface area contributed by atoms with E-state index in [1.807, 2.05) is 34.9 Å². The number of para-hydroxylation sites is 1. The van der Waals surface area contributed by atoms with Crippen LogP contribution in [0, 0.1) is 0 Å². The van der Waals surface area contributed by atoms with Crippen molar-refractivity contribution in [2.45, 2.75) is 31.1 Å². The van der Waals surface area contributed by atoms with E-state index >= 15 is 0 Å². The maximum Gasteiger partial charge on any atom is 0.321 e. The van der Waals surface area contributed by atoms with E-state index in [0.717, 1.165) is 37.2 Å². The summed E-state index contributed by atoms with van der Waals surface area (Å²) in [7, 11) is 0. The lowest BCUT2D eigenvalue weighted by atomic mass is 10.2. The zero-order valence-corrected chi connectivity index (χ0v) is 13.7. The zero-order valence-electron chi connectivity index (χ0n) is 12.9. The number of rotatable bonds is 5. The number of fused-ring (bicyclic) bond motifs is 1. The quantitative estimate of drug-likeness (QED) is 0.819. The molecule has 6 heteroatoms. The van der Waals surface area contributed by atoms with Crippen molar-refractivity contribution in [3.05, 3.63) is 24.3 Å². The topological polar surface area (TPSA) is 61.4 Å². The third kappa shape index (κ3) is 4.94. The molecule has 1 aliphatic heterocycles. The van der Waals surface area contributed by atoms with E-state index in [-0.39, 0.29) is 12.5 Å². The van der Waals surface area contributed by atoms with Crippen LogP contribution in [-0.4, -0.2) is 37.3 Å². The normalized spacial score (nSPS) is 14.0. The monoisotopic (exact) mass is 321 g/mol. The molecule has 0 bridgehead atoms. The Morgan fingerprint density at radius 2 is 2.14 bits per heavy atom. The zero-order chi connectivity index (χ0) is 15.8. The first-order valence-electron chi connectivity index (χ1n) is 7.75. The number of nitrogens with one attached hydrogen (secondary N) is 2. The number of nitrogens with zero attached hydrogens (tertiary/aromatic N) is 1. The van der Waals surface area contributed by atoms with Crippen LogP contribution in [0.5, 0.6) is 0 Å². The third-order valence-electron chi connectivity index (χ3n) is 3.44. The van der Waals surface area contributed by atoms with Crippen LogP contribution in [0.4, 0.5) is 10.5 Å². The van der Waals surface area contributed by atoms with Crippen molar-refractivity contribution >= 4 is 29.4 Å². The number of amides is 3. The van der Waals surface area contributed by atoms with Gasteiger partial charge >= 0.3 is 6.03 Å². The van der Waals surface area contributed by atoms with Crippen LogP contribution in [0.1, 0.15) is 26.2 Å². The highest BCUT2D eigenvalue weighted by molar-refractivity contribution is 7.99. The van der Waals surface area contributed by atoms with E-state index in [1.165, 1.54) is 4.90 Å². The third-order valence-corrected chi connectivity index (χ3v) is 4.59. The molecule has 0 saturated heterocycles. The Labute approximate surface area is 135 Å². The van der Waals surface area contributed by atoms with Crippen molar-refractivity contribution in [3.8, 4) is 0 Å². The molecule has 1 aromatic rings. The van der Waals surface area contributed by atoms with Crippen LogP contribution in [0.2, 0.25) is 0 Å². The molecular weight excluding hydrogens is 298 g/mol. The number of unbranched alkanes of at least 4 members (excludes halogenated alkanes) is 1. The number of urea groups is 1. The molecule has 1 heterocycles. The van der Waals surface area contributed by atoms with Crippen molar-refractivity contribution in [1.82, 2.24) is 10.6 Å². The van der Waals surface area contributed by atoms with E-state index in [9.17, 15) is 9.59 Å². The number of carbonyl (C=O) groups excluding carboxylic acids is 2. The summed E-state index contributed by atoms with van der Waals surface area (Å²) >= 11 is 1.82. The average molecular weight is 321 g/mol. The maximum absolute atomic E-state index is 12.1. The fourth-order valence-electron chi connectivity index (χ4n) is 2.33. The van der Waals surface area contributed by atoms with E-state index < -0.39 is 6.03 Å². The number of hydrogen-bond donors (Lipinski definition) is 2. The summed E-state index contributed by atoms with van der Waals surface area (Å²) in [5, 5.41) is 5.09. The smallest absolute Gasteiger partial charge is 0.321 e. The first kappa shape index (κ1) is 16.7. The molecule has 5 nitrogen and oxygen atoms in total. The van der Waals surface area contributed by atoms with Crippen LogP contribution >= 0.6 is 11.8 Å². The minimum Gasteiger partial charge on any atom is -0.361 e. The Kier molecular flexibility index (Phi) is 6.58. The number of carbonyl (C=O) groups is 2. The Bertz CT molecular complexity index is 522. The summed E-state index contributed by atoms with van der Waals surface area (Å²) in [5.41, 5.74) is 1.08. The second-order valence-electron chi connectivity index (χ2n) is 5.25. The van der Waals surface area contributed by atoms with Gasteiger partial charge < -0.3 is 10.2 Å². The first-order valence-corrected chi connectivity index (χ1v) is 8.73. The molecular formula is C16H23N3O2S. The minimum atomic E-state index is -0.407. The summed E-state index contributed by atoms with van der Waals surface area (Å²) in [5.74, 6) is 0.780. The molecule has 0 aromatic heterocycles. The molecule has 0 fully saturated rings. The number of benzene rings is 1. The summed E-state index contributed by atoms with van der Waals surface area (Å²) in [6.07, 6.45) is 2.95. The Morgan fingerprint density at radius 1 is 1.32 bits per heavy atom. The molecule has 1 aliphatic rings. The Hall–Kier alpha value is -1.69. The van der Waals surface area contributed by atoms with Crippen molar-refractivity contribution < 1.29 is 9.59 Å². The first-order chi connectivity index (χ1) is 10.7. The molecule has 120 valence electrons. The maximum atomic E-state index is 12.1. The van der Waals surface area contributed by atoms with Gasteiger partial charge in [-0.25, -0.2) is 4.79 Å². The second-order valence-corrected chi connectivity index (χ2v) is 6.39. The van der Waals surface area contributed by atoms with Gasteiger partial charge in [-0.2, -0.15) is 0 Å². The summed E-state index contributed by atoms with van der Waals surface area (Å²) in [6, 6.07) is 7.69. The van der Waals surface area contributed by atoms with E-state index in [4.69, 9.17) is 0 Å². The predicted octanol–water partition coefficient (Wildman–Crippen LogP) is 2.61. The molecule has 2 rings (SSSR count). The lowest BCUT2D eigenvalue weighted by molar-refractivity contribution is -0.118. The molecule has 2 N–H and O–H groups in total. The highest BCUT2D eigenvalue weighted by Crippen LogP contribution is 2.33. The van der Waals surface area contributed by atoms with Gasteiger partial charge in [0.15, 0.2) is 0 Å². The van der Waals surface area contributed by atoms with Gasteiger partial charge in [0.25, 0.3) is 0 Å². The van der Waals surface area contributed by atoms with Crippen molar-refractivity contribution in [1.29, 1.82) is 0 Å². The molecule has 0 saturated carbocycles. The highest BCUT2D eigenvalue weighted by atomic mass is 32.2. The molecule has 0 spiro atoms. The number of hydrogen-bond acceptors (Lipinski definition) is 4. The van der Waals surface area contributed by atoms with Crippen LogP contribution in [-0.2, 0) is 4.79 Å². The number of anilines is 1. The minimum absolute atomic E-state index is 0.207. The molecule has 0 atom stereocenters. The molecule has 0 radical (unpaired) electrons. The fraction of sp³-hybridized carbons (Fsp3) is 0.500. The van der Waals surface area contributed by atoms with Gasteiger partial charge in [0.2, 0.25) is 5.91 Å². The van der Waals surface area contributed by atoms with Gasteiger partial charge in [0.1, 0.15) is 0 Å². The van der Waals surface area contributed by atoms with Gasteiger partial charge in [0, 0.05) is 18.0 Å². The molecule has 1 aromatic carbocycles. The van der Waals surface area contributed by atoms with Gasteiger partial charge in [-0.3, -0.25) is 10.1 Å². The lowest BCUT2D eigenvalue weighted by Crippen LogP contribution is -2.45. The second kappa shape index (κ2) is 8.68. The van der Waals surface area contributed by atoms with E-state index in [2.05, 4.69) is 23.6 Å². The molecule has 0 aliphatic carbocycles. The summed E-state index contributed by atoms with van der Waals surface area (Å²) in [4.78, 5) is 26.9. The highest BCUT2D eigenvalue weighted by Gasteiger charge is 2.18. The molecule has 0 unspecified atom stereocenters. The van der Waals surface area contributed by atoms with Crippen molar-refractivity contribution in [2.75, 3.05) is 30.3 Å². The van der Waals surface area contributed by atoms with E-state index in [0.29, 0.717) is 6.54 Å². The summed E-state index contributed by atoms with van der Waals surface area (Å²) in [6.45, 7) is 3.69. The van der Waals surface area contributed by atoms with Crippen molar-refractivity contribution in [2.24, 2.45) is 0 Å². The van der Waals surface area contributed by atoms with Gasteiger partial charge in [0.05, 0.1) is 12.2 Å². The van der Waals surface area contributed by atoms with Gasteiger partial charge in [-0.05, 0) is 30.7 Å². The van der Waals surface area contributed by atoms with Crippen LogP contribution in [0.15, 0.2) is 29.2 Å². The number of imide groups is 1. The van der Waals surface area contributed by atoms with Crippen LogP contribution in [0.3, 0.4) is 0 Å². The standard InChI is InChI=1S/C16H23N3O2S/c1-2-3-9-17-16(21)18-15(20)12-19-10-6-11-22-14-8-5-4-7-13(14)19/h4-5,7-8H,2-3,6,9-12H2,1H3,(H2,17,18,20,21). The summed E-state index contributed by atoms with van der Waals surface area (Å²) < 4.78 is 0. The predicted molar refractivity (Wildman–Crippen MR) is 90.4 cm³/mol. The van der Waals surface area contributed by atoms with E-state index in [1.54, 1.807) is 0 Å². The largest absolute Gasteiger partial charge is 0.361 e. The molecule has 3 amide bonds. The van der Waals surface area contributed by atoms with Crippen LogP contribution in [0.25, 0.3) is 0 Å². The Balaban J connectivity index is 1.90. The van der Waals surface area contributed by atoms with Crippen molar-refractivity contribution in [3.63, 3.8) is 0 Å². The average Bonchev–Trinajstić information content (AvgIpc) is 2.70. The van der Waals surface area contributed by atoms with Gasteiger partial charge in [-0.1, -0.05) is 25.5 Å². The Morgan fingerprint density at radius 3 is 2.95 bits per heavy atom. The molecule has 22 heavy (non-hydrogen) atoms. The lowest BCUT2D eigenvalue weighted by Gasteiger charge is -2.23. The number of thioether (sulfide) groups is 1. The fourth-order valence-corrected chi connectivity index (χ4v) is 3.34. The van der Waals surface area contributed by atoms with Gasteiger partial charge in [-0.15, -0.1) is 11.8 Å². The SMILES string of the molecule is CCCCNC(=O)NC(=O)CN1CCCSc2ccccc21. The van der Waals surface area contributed by atoms with Crippen LogP contribution < -0.4 is 15.5 Å².